The second kappa shape index (κ2) is 5.60. The Labute approximate surface area is 103 Å². The van der Waals surface area contributed by atoms with Crippen molar-refractivity contribution in [1.82, 2.24) is 4.98 Å². The van der Waals surface area contributed by atoms with Crippen LogP contribution in [0.4, 0.5) is 0 Å². The number of nitrogens with two attached hydrogens (primary N) is 1. The molecule has 1 atom stereocenters. The van der Waals surface area contributed by atoms with Gasteiger partial charge < -0.3 is 5.73 Å². The summed E-state index contributed by atoms with van der Waals surface area (Å²) in [5, 5.41) is 0. The van der Waals surface area contributed by atoms with Gasteiger partial charge in [0.05, 0.1) is 0 Å². The molecule has 17 heavy (non-hydrogen) atoms. The fourth-order valence-corrected chi connectivity index (χ4v) is 1.88. The number of pyridine rings is 1. The van der Waals surface area contributed by atoms with Gasteiger partial charge in [0.1, 0.15) is 0 Å². The molecule has 88 valence electrons. The molecule has 2 N–H and O–H groups in total. The molecular weight excluding hydrogens is 208 g/mol. The van der Waals surface area contributed by atoms with Crippen molar-refractivity contribution in [3.8, 4) is 0 Å². The van der Waals surface area contributed by atoms with Crippen LogP contribution >= 0.6 is 0 Å². The van der Waals surface area contributed by atoms with E-state index in [1.54, 1.807) is 0 Å². The zero-order valence-electron chi connectivity index (χ0n) is 10.1. The lowest BCUT2D eigenvalue weighted by Crippen LogP contribution is -2.09. The van der Waals surface area contributed by atoms with Crippen molar-refractivity contribution >= 4 is 0 Å². The highest BCUT2D eigenvalue weighted by molar-refractivity contribution is 5.30. The molecule has 0 radical (unpaired) electrons. The summed E-state index contributed by atoms with van der Waals surface area (Å²) in [5.74, 6) is 0.424. The van der Waals surface area contributed by atoms with E-state index in [1.165, 1.54) is 16.7 Å². The first kappa shape index (κ1) is 11.8. The van der Waals surface area contributed by atoms with Crippen LogP contribution in [0.2, 0.25) is 0 Å². The maximum absolute atomic E-state index is 5.70. The molecule has 1 aromatic carbocycles. The molecular formula is C15H18N2. The molecule has 1 unspecified atom stereocenters. The summed E-state index contributed by atoms with van der Waals surface area (Å²) in [4.78, 5) is 4.03. The Morgan fingerprint density at radius 1 is 1.12 bits per heavy atom. The number of hydrogen-bond acceptors (Lipinski definition) is 2. The van der Waals surface area contributed by atoms with E-state index in [9.17, 15) is 0 Å². The first-order chi connectivity index (χ1) is 8.29. The SMILES string of the molecule is CC(CN)c1cccc(Cc2ccncc2)c1. The largest absolute Gasteiger partial charge is 0.330 e. The van der Waals surface area contributed by atoms with E-state index in [-0.39, 0.29) is 0 Å². The van der Waals surface area contributed by atoms with Crippen molar-refractivity contribution in [2.24, 2.45) is 5.73 Å². The predicted octanol–water partition coefficient (Wildman–Crippen LogP) is 2.73. The number of benzene rings is 1. The Bertz CT molecular complexity index is 465. The van der Waals surface area contributed by atoms with E-state index < -0.39 is 0 Å². The molecule has 2 heteroatoms. The zero-order valence-corrected chi connectivity index (χ0v) is 10.1. The minimum atomic E-state index is 0.424. The molecule has 2 rings (SSSR count). The Hall–Kier alpha value is -1.67. The monoisotopic (exact) mass is 226 g/mol. The zero-order chi connectivity index (χ0) is 12.1. The Balaban J connectivity index is 2.17. The third kappa shape index (κ3) is 3.14. The minimum Gasteiger partial charge on any atom is -0.330 e. The average Bonchev–Trinajstić information content (AvgIpc) is 2.39. The molecule has 2 aromatic rings. The first-order valence-electron chi connectivity index (χ1n) is 5.97. The van der Waals surface area contributed by atoms with Gasteiger partial charge in [-0.2, -0.15) is 0 Å². The highest BCUT2D eigenvalue weighted by Gasteiger charge is 2.04. The molecule has 0 saturated heterocycles. The minimum absolute atomic E-state index is 0.424. The van der Waals surface area contributed by atoms with Gasteiger partial charge in [0.2, 0.25) is 0 Å². The maximum Gasteiger partial charge on any atom is 0.0270 e. The van der Waals surface area contributed by atoms with Gasteiger partial charge in [0, 0.05) is 12.4 Å². The molecule has 0 fully saturated rings. The second-order valence-corrected chi connectivity index (χ2v) is 4.41. The van der Waals surface area contributed by atoms with Crippen LogP contribution in [0.15, 0.2) is 48.8 Å². The van der Waals surface area contributed by atoms with Gasteiger partial charge in [-0.05, 0) is 47.7 Å². The van der Waals surface area contributed by atoms with Crippen molar-refractivity contribution in [3.05, 3.63) is 65.5 Å². The van der Waals surface area contributed by atoms with Crippen molar-refractivity contribution < 1.29 is 0 Å². The standard InChI is InChI=1S/C15H18N2/c1-12(11-16)15-4-2-3-14(10-15)9-13-5-7-17-8-6-13/h2-8,10,12H,9,11,16H2,1H3. The molecule has 1 heterocycles. The van der Waals surface area contributed by atoms with Gasteiger partial charge in [-0.15, -0.1) is 0 Å². The normalized spacial score (nSPS) is 12.4. The van der Waals surface area contributed by atoms with Crippen molar-refractivity contribution in [1.29, 1.82) is 0 Å². The van der Waals surface area contributed by atoms with E-state index in [1.807, 2.05) is 12.4 Å². The van der Waals surface area contributed by atoms with Gasteiger partial charge in [0.15, 0.2) is 0 Å². The average molecular weight is 226 g/mol. The second-order valence-electron chi connectivity index (χ2n) is 4.41. The molecule has 0 spiro atoms. The fraction of sp³-hybridized carbons (Fsp3) is 0.267. The molecule has 0 aliphatic heterocycles. The van der Waals surface area contributed by atoms with E-state index in [4.69, 9.17) is 5.73 Å². The van der Waals surface area contributed by atoms with Gasteiger partial charge in [-0.1, -0.05) is 31.2 Å². The van der Waals surface area contributed by atoms with Gasteiger partial charge in [0.25, 0.3) is 0 Å². The van der Waals surface area contributed by atoms with Crippen molar-refractivity contribution in [2.75, 3.05) is 6.54 Å². The molecule has 1 aromatic heterocycles. The Morgan fingerprint density at radius 3 is 2.59 bits per heavy atom. The van der Waals surface area contributed by atoms with Gasteiger partial charge in [-0.25, -0.2) is 0 Å². The van der Waals surface area contributed by atoms with Crippen LogP contribution in [-0.4, -0.2) is 11.5 Å². The highest BCUT2D eigenvalue weighted by Crippen LogP contribution is 2.17. The predicted molar refractivity (Wildman–Crippen MR) is 71.0 cm³/mol. The summed E-state index contributed by atoms with van der Waals surface area (Å²) < 4.78 is 0. The molecule has 0 bridgehead atoms. The maximum atomic E-state index is 5.70. The summed E-state index contributed by atoms with van der Waals surface area (Å²) in [7, 11) is 0. The van der Waals surface area contributed by atoms with Crippen LogP contribution in [0.25, 0.3) is 0 Å². The van der Waals surface area contributed by atoms with Crippen LogP contribution < -0.4 is 5.73 Å². The highest BCUT2D eigenvalue weighted by atomic mass is 14.6. The van der Waals surface area contributed by atoms with Gasteiger partial charge >= 0.3 is 0 Å². The third-order valence-electron chi connectivity index (χ3n) is 3.03. The fourth-order valence-electron chi connectivity index (χ4n) is 1.88. The van der Waals surface area contributed by atoms with E-state index in [0.29, 0.717) is 12.5 Å². The smallest absolute Gasteiger partial charge is 0.0270 e. The quantitative estimate of drug-likeness (QED) is 0.870. The lowest BCUT2D eigenvalue weighted by atomic mass is 9.97. The Kier molecular flexibility index (Phi) is 3.89. The molecule has 0 saturated carbocycles. The topological polar surface area (TPSA) is 38.9 Å². The number of rotatable bonds is 4. The lowest BCUT2D eigenvalue weighted by molar-refractivity contribution is 0.772. The number of aromatic nitrogens is 1. The van der Waals surface area contributed by atoms with E-state index >= 15 is 0 Å². The summed E-state index contributed by atoms with van der Waals surface area (Å²) in [6.07, 6.45) is 4.62. The molecule has 2 nitrogen and oxygen atoms in total. The van der Waals surface area contributed by atoms with E-state index in [0.717, 1.165) is 6.42 Å². The van der Waals surface area contributed by atoms with E-state index in [2.05, 4.69) is 48.3 Å². The summed E-state index contributed by atoms with van der Waals surface area (Å²) >= 11 is 0. The van der Waals surface area contributed by atoms with Crippen molar-refractivity contribution in [2.45, 2.75) is 19.3 Å². The Morgan fingerprint density at radius 2 is 1.88 bits per heavy atom. The number of hydrogen-bond donors (Lipinski definition) is 1. The summed E-state index contributed by atoms with van der Waals surface area (Å²) in [6, 6.07) is 12.8. The van der Waals surface area contributed by atoms with Crippen LogP contribution in [0.3, 0.4) is 0 Å². The van der Waals surface area contributed by atoms with Crippen LogP contribution in [0.5, 0.6) is 0 Å². The molecule has 0 amide bonds. The summed E-state index contributed by atoms with van der Waals surface area (Å²) in [5.41, 5.74) is 9.63. The first-order valence-corrected chi connectivity index (χ1v) is 5.97. The number of nitrogens with zero attached hydrogens (tertiary/aromatic N) is 1. The lowest BCUT2D eigenvalue weighted by Gasteiger charge is -2.10. The van der Waals surface area contributed by atoms with Crippen LogP contribution in [0, 0.1) is 0 Å². The van der Waals surface area contributed by atoms with Crippen molar-refractivity contribution in [3.63, 3.8) is 0 Å². The van der Waals surface area contributed by atoms with Crippen LogP contribution in [-0.2, 0) is 6.42 Å². The molecule has 0 aliphatic rings. The summed E-state index contributed by atoms with van der Waals surface area (Å²) in [6.45, 7) is 2.85. The molecule has 0 aliphatic carbocycles. The van der Waals surface area contributed by atoms with Crippen LogP contribution in [0.1, 0.15) is 29.5 Å². The van der Waals surface area contributed by atoms with Gasteiger partial charge in [-0.3, -0.25) is 4.98 Å². The third-order valence-corrected chi connectivity index (χ3v) is 3.03.